The largest absolute Gasteiger partial charge is 0.495 e. The molecule has 2 aromatic rings. The molecule has 0 amide bonds. The van der Waals surface area contributed by atoms with Crippen LogP contribution in [0.3, 0.4) is 0 Å². The normalized spacial score (nSPS) is 14.4. The van der Waals surface area contributed by atoms with Gasteiger partial charge in [0.25, 0.3) is 0 Å². The molecular weight excluding hydrogens is 345 g/mol. The first-order valence-corrected chi connectivity index (χ1v) is 7.26. The fraction of sp³-hybridized carbons (Fsp3) is 0.188. The molecule has 0 bridgehead atoms. The number of alkyl halides is 3. The molecule has 0 aliphatic carbocycles. The highest BCUT2D eigenvalue weighted by Crippen LogP contribution is 2.33. The molecule has 1 aliphatic rings. The van der Waals surface area contributed by atoms with Gasteiger partial charge < -0.3 is 9.47 Å². The number of ether oxygens (including phenoxy) is 2. The van der Waals surface area contributed by atoms with Gasteiger partial charge in [0.1, 0.15) is 11.4 Å². The first kappa shape index (κ1) is 16.4. The Morgan fingerprint density at radius 2 is 1.88 bits per heavy atom. The molecule has 0 unspecified atom stereocenters. The number of hydrazone groups is 1. The summed E-state index contributed by atoms with van der Waals surface area (Å²) in [5.41, 5.74) is 0.330. The van der Waals surface area contributed by atoms with E-state index in [0.29, 0.717) is 22.0 Å². The third kappa shape index (κ3) is 3.26. The van der Waals surface area contributed by atoms with Crippen molar-refractivity contribution in [2.45, 2.75) is 6.18 Å². The van der Waals surface area contributed by atoms with Crippen LogP contribution < -0.4 is 9.75 Å². The first-order valence-electron chi connectivity index (χ1n) is 6.88. The molecule has 2 aromatic carbocycles. The lowest BCUT2D eigenvalue weighted by atomic mass is 10.1. The number of nitrogens with zero attached hydrogens (tertiary/aromatic N) is 2. The second kappa shape index (κ2) is 6.24. The van der Waals surface area contributed by atoms with Gasteiger partial charge in [-0.15, -0.1) is 5.10 Å². The molecule has 0 radical (unpaired) electrons. The number of benzene rings is 2. The number of anilines is 1. The zero-order chi connectivity index (χ0) is 17.3. The molecule has 3 rings (SSSR count). The van der Waals surface area contributed by atoms with E-state index in [2.05, 4.69) is 5.10 Å². The Morgan fingerprint density at radius 3 is 2.50 bits per heavy atom. The van der Waals surface area contributed by atoms with E-state index < -0.39 is 11.7 Å². The second-order valence-corrected chi connectivity index (χ2v) is 5.41. The van der Waals surface area contributed by atoms with Crippen LogP contribution in [0.25, 0.3) is 0 Å². The van der Waals surface area contributed by atoms with Gasteiger partial charge in [-0.25, -0.2) is 5.01 Å². The van der Waals surface area contributed by atoms with Crippen molar-refractivity contribution >= 4 is 23.2 Å². The number of halogens is 4. The van der Waals surface area contributed by atoms with Crippen LogP contribution in [0.4, 0.5) is 18.9 Å². The molecule has 0 aromatic heterocycles. The first-order chi connectivity index (χ1) is 11.4. The maximum Gasteiger partial charge on any atom is 0.416 e. The third-order valence-corrected chi connectivity index (χ3v) is 3.65. The van der Waals surface area contributed by atoms with Crippen LogP contribution in [0.2, 0.25) is 5.02 Å². The van der Waals surface area contributed by atoms with E-state index in [9.17, 15) is 13.2 Å². The minimum atomic E-state index is -4.38. The van der Waals surface area contributed by atoms with Crippen LogP contribution >= 0.6 is 11.6 Å². The van der Waals surface area contributed by atoms with Crippen molar-refractivity contribution < 1.29 is 22.6 Å². The van der Waals surface area contributed by atoms with Gasteiger partial charge in [0.05, 0.1) is 12.7 Å². The molecule has 0 N–H and O–H groups in total. The zero-order valence-corrected chi connectivity index (χ0v) is 13.2. The molecule has 1 heterocycles. The van der Waals surface area contributed by atoms with Crippen molar-refractivity contribution in [1.82, 2.24) is 0 Å². The van der Waals surface area contributed by atoms with E-state index in [1.165, 1.54) is 24.3 Å². The van der Waals surface area contributed by atoms with Crippen LogP contribution in [0.15, 0.2) is 47.6 Å². The summed E-state index contributed by atoms with van der Waals surface area (Å²) in [6.45, 7) is 0.104. The molecule has 24 heavy (non-hydrogen) atoms. The molecule has 8 heteroatoms. The lowest BCUT2D eigenvalue weighted by molar-refractivity contribution is -0.137. The molecule has 0 atom stereocenters. The van der Waals surface area contributed by atoms with Gasteiger partial charge in [0, 0.05) is 10.6 Å². The van der Waals surface area contributed by atoms with Crippen molar-refractivity contribution in [2.24, 2.45) is 5.10 Å². The van der Waals surface area contributed by atoms with Crippen molar-refractivity contribution in [3.63, 3.8) is 0 Å². The van der Waals surface area contributed by atoms with E-state index in [-0.39, 0.29) is 12.6 Å². The van der Waals surface area contributed by atoms with Crippen molar-refractivity contribution in [2.75, 3.05) is 18.8 Å². The summed E-state index contributed by atoms with van der Waals surface area (Å²) in [6, 6.07) is 9.67. The maximum atomic E-state index is 12.6. The third-order valence-electron chi connectivity index (χ3n) is 3.41. The topological polar surface area (TPSA) is 34.1 Å². The summed E-state index contributed by atoms with van der Waals surface area (Å²) < 4.78 is 48.5. The Balaban J connectivity index is 1.87. The minimum absolute atomic E-state index is 0.104. The zero-order valence-electron chi connectivity index (χ0n) is 12.5. The van der Waals surface area contributed by atoms with Crippen LogP contribution in [0.5, 0.6) is 5.75 Å². The quantitative estimate of drug-likeness (QED) is 0.810. The Bertz CT molecular complexity index is 776. The van der Waals surface area contributed by atoms with E-state index in [1.807, 2.05) is 0 Å². The van der Waals surface area contributed by atoms with Crippen molar-refractivity contribution in [1.29, 1.82) is 0 Å². The summed E-state index contributed by atoms with van der Waals surface area (Å²) in [5.74, 6) is 0.783. The molecule has 0 saturated heterocycles. The molecule has 0 spiro atoms. The lowest BCUT2D eigenvalue weighted by Crippen LogP contribution is -2.13. The SMILES string of the molecule is COc1ccc(Cl)cc1N1COC(c2ccc(C(F)(F)F)cc2)=N1. The van der Waals surface area contributed by atoms with Crippen molar-refractivity contribution in [3.05, 3.63) is 58.6 Å². The predicted molar refractivity (Wildman–Crippen MR) is 84.4 cm³/mol. The Kier molecular flexibility index (Phi) is 4.28. The summed E-state index contributed by atoms with van der Waals surface area (Å²) in [6.07, 6.45) is -4.38. The Morgan fingerprint density at radius 1 is 1.17 bits per heavy atom. The van der Waals surface area contributed by atoms with E-state index >= 15 is 0 Å². The molecule has 1 aliphatic heterocycles. The summed E-state index contributed by atoms with van der Waals surface area (Å²) in [7, 11) is 1.52. The van der Waals surface area contributed by atoms with E-state index in [4.69, 9.17) is 21.1 Å². The summed E-state index contributed by atoms with van der Waals surface area (Å²) in [4.78, 5) is 0. The van der Waals surface area contributed by atoms with Gasteiger partial charge in [-0.2, -0.15) is 13.2 Å². The second-order valence-electron chi connectivity index (χ2n) is 4.97. The number of rotatable bonds is 3. The molecule has 126 valence electrons. The average Bonchev–Trinajstić information content (AvgIpc) is 3.04. The van der Waals surface area contributed by atoms with Crippen LogP contribution in [-0.2, 0) is 10.9 Å². The summed E-state index contributed by atoms with van der Waals surface area (Å²) >= 11 is 5.99. The van der Waals surface area contributed by atoms with Crippen LogP contribution in [0.1, 0.15) is 11.1 Å². The lowest BCUT2D eigenvalue weighted by Gasteiger charge is -2.15. The van der Waals surface area contributed by atoms with Crippen LogP contribution in [0, 0.1) is 0 Å². The minimum Gasteiger partial charge on any atom is -0.495 e. The predicted octanol–water partition coefficient (Wildman–Crippen LogP) is 4.52. The highest BCUT2D eigenvalue weighted by molar-refractivity contribution is 6.31. The number of hydrogen-bond acceptors (Lipinski definition) is 4. The van der Waals surface area contributed by atoms with E-state index in [0.717, 1.165) is 12.1 Å². The van der Waals surface area contributed by atoms with Gasteiger partial charge in [-0.05, 0) is 42.5 Å². The Hall–Kier alpha value is -2.41. The fourth-order valence-electron chi connectivity index (χ4n) is 2.22. The molecule has 0 saturated carbocycles. The van der Waals surface area contributed by atoms with Gasteiger partial charge in [0.2, 0.25) is 5.90 Å². The highest BCUT2D eigenvalue weighted by atomic mass is 35.5. The smallest absolute Gasteiger partial charge is 0.416 e. The highest BCUT2D eigenvalue weighted by Gasteiger charge is 2.30. The van der Waals surface area contributed by atoms with Gasteiger partial charge >= 0.3 is 6.18 Å². The standard InChI is InChI=1S/C16H12ClF3N2O2/c1-23-14-7-6-12(17)8-13(14)22-9-24-15(21-22)10-2-4-11(5-3-10)16(18,19)20/h2-8H,9H2,1H3. The van der Waals surface area contributed by atoms with Gasteiger partial charge in [-0.3, -0.25) is 0 Å². The molecule has 4 nitrogen and oxygen atoms in total. The van der Waals surface area contributed by atoms with Crippen LogP contribution in [-0.4, -0.2) is 19.7 Å². The average molecular weight is 357 g/mol. The molecule has 0 fully saturated rings. The monoisotopic (exact) mass is 356 g/mol. The maximum absolute atomic E-state index is 12.6. The summed E-state index contributed by atoms with van der Waals surface area (Å²) in [5, 5.41) is 6.31. The van der Waals surface area contributed by atoms with Gasteiger partial charge in [-0.1, -0.05) is 11.6 Å². The number of methoxy groups -OCH3 is 1. The van der Waals surface area contributed by atoms with Gasteiger partial charge in [0.15, 0.2) is 6.73 Å². The van der Waals surface area contributed by atoms with E-state index in [1.54, 1.807) is 18.2 Å². The number of hydrogen-bond donors (Lipinski definition) is 0. The molecular formula is C16H12ClF3N2O2. The Labute approximate surface area is 141 Å². The fourth-order valence-corrected chi connectivity index (χ4v) is 2.39. The van der Waals surface area contributed by atoms with Crippen molar-refractivity contribution in [3.8, 4) is 5.75 Å².